The molecule has 0 aliphatic rings. The Morgan fingerprint density at radius 1 is 0.294 bits per heavy atom. The van der Waals surface area contributed by atoms with E-state index in [1.807, 2.05) is 11.3 Å². The van der Waals surface area contributed by atoms with Crippen molar-refractivity contribution in [1.29, 1.82) is 0 Å². The molecular weight excluding hydrogens is 637 g/mol. The molecule has 0 bridgehead atoms. The molecule has 0 aliphatic heterocycles. The summed E-state index contributed by atoms with van der Waals surface area (Å²) < 4.78 is 7.57. The van der Waals surface area contributed by atoms with Gasteiger partial charge in [0.2, 0.25) is 0 Å². The van der Waals surface area contributed by atoms with Gasteiger partial charge in [-0.15, -0.1) is 11.3 Å². The Morgan fingerprint density at radius 3 is 1.18 bits per heavy atom. The van der Waals surface area contributed by atoms with Gasteiger partial charge < -0.3 is 9.13 Å². The van der Waals surface area contributed by atoms with Crippen LogP contribution in [0.1, 0.15) is 0 Å². The minimum atomic E-state index is 1.17. The summed E-state index contributed by atoms with van der Waals surface area (Å²) in [6.07, 6.45) is 0. The quantitative estimate of drug-likeness (QED) is 0.177. The fraction of sp³-hybridized carbons (Fsp3) is 0. The molecule has 0 N–H and O–H groups in total. The molecule has 0 saturated carbocycles. The zero-order valence-electron chi connectivity index (χ0n) is 27.6. The first-order valence-electron chi connectivity index (χ1n) is 17.4. The summed E-state index contributed by atoms with van der Waals surface area (Å²) in [7, 11) is 0. The lowest BCUT2D eigenvalue weighted by Gasteiger charge is -2.10. The molecule has 0 fully saturated rings. The van der Waals surface area contributed by atoms with E-state index >= 15 is 0 Å². The standard InChI is InChI=1S/C48H30N2S/c1-3-13-31(14-4-1)33-17-11-19-35(29-33)49-41-23-9-7-21-39(41)45-43(49)27-25-37-38-26-28-44-46(48(38)51-47(37)45)40-22-8-10-24-42(40)50(44)36-20-12-18-34(30-36)32-15-5-2-6-16-32/h1-30H. The van der Waals surface area contributed by atoms with E-state index < -0.39 is 0 Å². The van der Waals surface area contributed by atoms with Gasteiger partial charge in [-0.3, -0.25) is 0 Å². The Bertz CT molecular complexity index is 2910. The molecule has 3 heteroatoms. The molecule has 8 aromatic carbocycles. The van der Waals surface area contributed by atoms with E-state index in [0.717, 1.165) is 0 Å². The number of hydrogen-bond acceptors (Lipinski definition) is 1. The Labute approximate surface area is 298 Å². The second kappa shape index (κ2) is 11.0. The maximum Gasteiger partial charge on any atom is 0.0555 e. The van der Waals surface area contributed by atoms with Gasteiger partial charge in [0, 0.05) is 53.1 Å². The number of nitrogens with zero attached hydrogens (tertiary/aromatic N) is 2. The average molecular weight is 667 g/mol. The highest BCUT2D eigenvalue weighted by molar-refractivity contribution is 7.27. The molecule has 238 valence electrons. The molecule has 2 nitrogen and oxygen atoms in total. The van der Waals surface area contributed by atoms with Gasteiger partial charge in [0.15, 0.2) is 0 Å². The van der Waals surface area contributed by atoms with Crippen molar-refractivity contribution in [2.24, 2.45) is 0 Å². The van der Waals surface area contributed by atoms with E-state index in [4.69, 9.17) is 0 Å². The first-order valence-corrected chi connectivity index (χ1v) is 18.3. The highest BCUT2D eigenvalue weighted by Crippen LogP contribution is 2.47. The number of aromatic nitrogens is 2. The summed E-state index contributed by atoms with van der Waals surface area (Å²) in [5.74, 6) is 0. The Kier molecular flexibility index (Phi) is 6.16. The van der Waals surface area contributed by atoms with Crippen molar-refractivity contribution in [2.45, 2.75) is 0 Å². The van der Waals surface area contributed by atoms with Crippen molar-refractivity contribution in [3.05, 3.63) is 182 Å². The van der Waals surface area contributed by atoms with Gasteiger partial charge in [-0.2, -0.15) is 0 Å². The lowest BCUT2D eigenvalue weighted by Crippen LogP contribution is -1.94. The predicted molar refractivity (Wildman–Crippen MR) is 219 cm³/mol. The number of benzene rings is 8. The highest BCUT2D eigenvalue weighted by Gasteiger charge is 2.21. The maximum absolute atomic E-state index is 2.45. The summed E-state index contributed by atoms with van der Waals surface area (Å²) in [4.78, 5) is 0. The van der Waals surface area contributed by atoms with Crippen molar-refractivity contribution in [3.8, 4) is 33.6 Å². The molecule has 0 atom stereocenters. The van der Waals surface area contributed by atoms with Crippen LogP contribution in [0.25, 0.3) is 97.4 Å². The van der Waals surface area contributed by atoms with Gasteiger partial charge in [0.25, 0.3) is 0 Å². The van der Waals surface area contributed by atoms with Crippen LogP contribution in [0.3, 0.4) is 0 Å². The van der Waals surface area contributed by atoms with Gasteiger partial charge >= 0.3 is 0 Å². The van der Waals surface area contributed by atoms with Crippen LogP contribution in [0.5, 0.6) is 0 Å². The highest BCUT2D eigenvalue weighted by atomic mass is 32.1. The molecule has 0 unspecified atom stereocenters. The summed E-state index contributed by atoms with van der Waals surface area (Å²) in [5.41, 5.74) is 12.1. The summed E-state index contributed by atoms with van der Waals surface area (Å²) >= 11 is 1.94. The molecule has 51 heavy (non-hydrogen) atoms. The van der Waals surface area contributed by atoms with Crippen LogP contribution in [0.15, 0.2) is 182 Å². The molecule has 3 heterocycles. The van der Waals surface area contributed by atoms with Crippen LogP contribution in [-0.4, -0.2) is 9.13 Å². The van der Waals surface area contributed by atoms with Crippen LogP contribution >= 0.6 is 11.3 Å². The van der Waals surface area contributed by atoms with E-state index in [1.54, 1.807) is 0 Å². The predicted octanol–water partition coefficient (Wildman–Crippen LogP) is 13.6. The Balaban J connectivity index is 1.19. The Morgan fingerprint density at radius 2 is 0.706 bits per heavy atom. The molecule has 0 aliphatic carbocycles. The van der Waals surface area contributed by atoms with Crippen LogP contribution in [0.4, 0.5) is 0 Å². The fourth-order valence-electron chi connectivity index (χ4n) is 8.26. The molecular formula is C48H30N2S. The van der Waals surface area contributed by atoms with Gasteiger partial charge in [-0.05, 0) is 70.8 Å². The SMILES string of the molecule is c1ccc(-c2cccc(-n3c4ccccc4c4c5sc6c(ccc7c6c6ccccc6n7-c6cccc(-c7ccccc7)c6)c5ccc43)c2)cc1. The average Bonchev–Trinajstić information content (AvgIpc) is 3.86. The molecule has 3 aromatic heterocycles. The lowest BCUT2D eigenvalue weighted by atomic mass is 10.0. The largest absolute Gasteiger partial charge is 0.309 e. The van der Waals surface area contributed by atoms with Crippen molar-refractivity contribution < 1.29 is 0 Å². The molecule has 0 radical (unpaired) electrons. The topological polar surface area (TPSA) is 9.86 Å². The summed E-state index contributed by atoms with van der Waals surface area (Å²) in [6.45, 7) is 0. The van der Waals surface area contributed by atoms with E-state index in [-0.39, 0.29) is 0 Å². The van der Waals surface area contributed by atoms with E-state index in [2.05, 4.69) is 191 Å². The fourth-order valence-corrected chi connectivity index (χ4v) is 9.68. The minimum Gasteiger partial charge on any atom is -0.309 e. The van der Waals surface area contributed by atoms with Crippen LogP contribution in [0, 0.1) is 0 Å². The van der Waals surface area contributed by atoms with Crippen molar-refractivity contribution in [2.75, 3.05) is 0 Å². The zero-order chi connectivity index (χ0) is 33.5. The Hall–Kier alpha value is -6.42. The van der Waals surface area contributed by atoms with E-state index in [0.29, 0.717) is 0 Å². The molecule has 0 spiro atoms. The monoisotopic (exact) mass is 666 g/mol. The number of para-hydroxylation sites is 2. The smallest absolute Gasteiger partial charge is 0.0555 e. The first kappa shape index (κ1) is 28.4. The van der Waals surface area contributed by atoms with Gasteiger partial charge in [-0.1, -0.05) is 133 Å². The second-order valence-electron chi connectivity index (χ2n) is 13.3. The van der Waals surface area contributed by atoms with Crippen molar-refractivity contribution in [3.63, 3.8) is 0 Å². The number of thiophene rings is 1. The van der Waals surface area contributed by atoms with Gasteiger partial charge in [0.05, 0.1) is 22.1 Å². The molecule has 11 aromatic rings. The van der Waals surface area contributed by atoms with Crippen molar-refractivity contribution in [1.82, 2.24) is 9.13 Å². The minimum absolute atomic E-state index is 1.17. The summed E-state index contributed by atoms with van der Waals surface area (Å²) in [6, 6.07) is 66.3. The maximum atomic E-state index is 2.45. The second-order valence-corrected chi connectivity index (χ2v) is 14.3. The third kappa shape index (κ3) is 4.22. The number of rotatable bonds is 4. The third-order valence-corrected chi connectivity index (χ3v) is 11.8. The van der Waals surface area contributed by atoms with Crippen LogP contribution < -0.4 is 0 Å². The van der Waals surface area contributed by atoms with Crippen LogP contribution in [-0.2, 0) is 0 Å². The lowest BCUT2D eigenvalue weighted by molar-refractivity contribution is 1.18. The van der Waals surface area contributed by atoms with Gasteiger partial charge in [-0.25, -0.2) is 0 Å². The van der Waals surface area contributed by atoms with E-state index in [1.165, 1.54) is 97.4 Å². The van der Waals surface area contributed by atoms with E-state index in [9.17, 15) is 0 Å². The summed E-state index contributed by atoms with van der Waals surface area (Å²) in [5, 5.41) is 7.84. The molecule has 11 rings (SSSR count). The number of hydrogen-bond donors (Lipinski definition) is 0. The molecule has 0 saturated heterocycles. The van der Waals surface area contributed by atoms with Crippen LogP contribution in [0.2, 0.25) is 0 Å². The van der Waals surface area contributed by atoms with Crippen molar-refractivity contribution >= 4 is 75.1 Å². The first-order chi connectivity index (χ1) is 25.3. The zero-order valence-corrected chi connectivity index (χ0v) is 28.4. The normalized spacial score (nSPS) is 11.9. The van der Waals surface area contributed by atoms with Gasteiger partial charge in [0.1, 0.15) is 0 Å². The third-order valence-electron chi connectivity index (χ3n) is 10.5. The number of fused-ring (bicyclic) bond motifs is 11. The molecule has 0 amide bonds.